The fourth-order valence-corrected chi connectivity index (χ4v) is 3.80. The predicted octanol–water partition coefficient (Wildman–Crippen LogP) is 5.93. The summed E-state index contributed by atoms with van der Waals surface area (Å²) in [6, 6.07) is 11.4. The van der Waals surface area contributed by atoms with Crippen molar-refractivity contribution in [2.24, 2.45) is 0 Å². The van der Waals surface area contributed by atoms with Gasteiger partial charge in [-0.2, -0.15) is 13.2 Å². The summed E-state index contributed by atoms with van der Waals surface area (Å²) in [7, 11) is 0. The highest BCUT2D eigenvalue weighted by molar-refractivity contribution is 7.14. The first-order chi connectivity index (χ1) is 13.8. The molecule has 152 valence electrons. The maximum atomic E-state index is 12.9. The molecule has 1 N–H and O–H groups in total. The van der Waals surface area contributed by atoms with E-state index in [0.717, 1.165) is 41.6 Å². The number of nitrogens with zero attached hydrogens (tertiary/aromatic N) is 2. The molecule has 3 rings (SSSR count). The lowest BCUT2D eigenvalue weighted by molar-refractivity contribution is -0.137. The number of halogens is 3. The van der Waals surface area contributed by atoms with Crippen molar-refractivity contribution < 1.29 is 18.0 Å². The highest BCUT2D eigenvalue weighted by Gasteiger charge is 2.30. The van der Waals surface area contributed by atoms with Crippen LogP contribution < -0.4 is 10.2 Å². The topological polar surface area (TPSA) is 45.2 Å². The first-order valence-electron chi connectivity index (χ1n) is 9.11. The van der Waals surface area contributed by atoms with Crippen molar-refractivity contribution in [3.05, 3.63) is 65.0 Å². The normalized spacial score (nSPS) is 11.3. The summed E-state index contributed by atoms with van der Waals surface area (Å²) < 4.78 is 38.6. The Bertz CT molecular complexity index is 997. The number of hydrogen-bond donors (Lipinski definition) is 1. The van der Waals surface area contributed by atoms with E-state index in [4.69, 9.17) is 0 Å². The van der Waals surface area contributed by atoms with Gasteiger partial charge in [-0.05, 0) is 44.2 Å². The molecule has 0 aliphatic carbocycles. The summed E-state index contributed by atoms with van der Waals surface area (Å²) in [5.74, 6) is -0.602. The summed E-state index contributed by atoms with van der Waals surface area (Å²) in [5, 5.41) is 5.52. The van der Waals surface area contributed by atoms with Gasteiger partial charge in [-0.25, -0.2) is 4.98 Å². The van der Waals surface area contributed by atoms with Crippen LogP contribution in [-0.2, 0) is 6.18 Å². The molecule has 0 spiro atoms. The summed E-state index contributed by atoms with van der Waals surface area (Å²) >= 11 is 1.54. The molecule has 0 unspecified atom stereocenters. The molecule has 0 saturated carbocycles. The number of amides is 1. The molecule has 0 atom stereocenters. The fourth-order valence-electron chi connectivity index (χ4n) is 2.83. The van der Waals surface area contributed by atoms with Gasteiger partial charge in [-0.15, -0.1) is 11.3 Å². The minimum atomic E-state index is -4.50. The molecule has 1 amide bonds. The number of carbonyl (C=O) groups excluding carboxylic acids is 1. The van der Waals surface area contributed by atoms with Gasteiger partial charge in [0.25, 0.3) is 5.91 Å². The zero-order valence-electron chi connectivity index (χ0n) is 16.0. The second kappa shape index (κ2) is 8.65. The van der Waals surface area contributed by atoms with E-state index in [2.05, 4.69) is 29.0 Å². The molecule has 3 aromatic rings. The van der Waals surface area contributed by atoms with Gasteiger partial charge in [-0.3, -0.25) is 4.79 Å². The minimum absolute atomic E-state index is 0.0530. The van der Waals surface area contributed by atoms with Crippen LogP contribution in [0.15, 0.2) is 53.9 Å². The Balaban J connectivity index is 1.79. The molecule has 29 heavy (non-hydrogen) atoms. The second-order valence-corrected chi connectivity index (χ2v) is 7.14. The third-order valence-electron chi connectivity index (χ3n) is 4.39. The lowest BCUT2D eigenvalue weighted by Crippen LogP contribution is -2.21. The smallest absolute Gasteiger partial charge is 0.349 e. The van der Waals surface area contributed by atoms with Gasteiger partial charge >= 0.3 is 6.18 Å². The number of aromatic nitrogens is 1. The summed E-state index contributed by atoms with van der Waals surface area (Å²) in [6.45, 7) is 5.84. The predicted molar refractivity (Wildman–Crippen MR) is 111 cm³/mol. The lowest BCUT2D eigenvalue weighted by Gasteiger charge is -2.16. The van der Waals surface area contributed by atoms with E-state index >= 15 is 0 Å². The van der Waals surface area contributed by atoms with Crippen LogP contribution in [0, 0.1) is 0 Å². The highest BCUT2D eigenvalue weighted by atomic mass is 32.1. The Morgan fingerprint density at radius 1 is 1.10 bits per heavy atom. The van der Waals surface area contributed by atoms with Gasteiger partial charge < -0.3 is 10.2 Å². The van der Waals surface area contributed by atoms with Crippen LogP contribution in [0.4, 0.5) is 24.0 Å². The van der Waals surface area contributed by atoms with Crippen molar-refractivity contribution >= 4 is 28.1 Å². The molecule has 0 aliphatic rings. The maximum absolute atomic E-state index is 12.9. The van der Waals surface area contributed by atoms with Crippen LogP contribution in [0.25, 0.3) is 11.3 Å². The summed E-state index contributed by atoms with van der Waals surface area (Å²) in [4.78, 5) is 19.2. The Morgan fingerprint density at radius 3 is 2.52 bits per heavy atom. The number of thiazole rings is 1. The van der Waals surface area contributed by atoms with Crippen LogP contribution in [0.5, 0.6) is 0 Å². The summed E-state index contributed by atoms with van der Waals surface area (Å²) in [5.41, 5.74) is 1.18. The van der Waals surface area contributed by atoms with Crippen LogP contribution >= 0.6 is 11.3 Å². The molecule has 0 bridgehead atoms. The number of rotatable bonds is 6. The molecule has 0 radical (unpaired) electrons. The van der Waals surface area contributed by atoms with Crippen molar-refractivity contribution in [2.75, 3.05) is 23.3 Å². The van der Waals surface area contributed by atoms with Gasteiger partial charge in [0.15, 0.2) is 5.13 Å². The van der Waals surface area contributed by atoms with Crippen molar-refractivity contribution in [1.82, 2.24) is 4.98 Å². The zero-order valence-corrected chi connectivity index (χ0v) is 16.8. The third-order valence-corrected chi connectivity index (χ3v) is 5.30. The van der Waals surface area contributed by atoms with Crippen molar-refractivity contribution in [3.8, 4) is 11.3 Å². The number of alkyl halides is 3. The van der Waals surface area contributed by atoms with Crippen molar-refractivity contribution in [1.29, 1.82) is 0 Å². The number of carbonyl (C=O) groups is 1. The number of anilines is 2. The SMILES string of the molecule is CCN(CC)c1nc(-c2cccc(NC(=O)c3cccc(C(F)(F)F)c3)c2)cs1. The Kier molecular flexibility index (Phi) is 6.22. The molecular formula is C21H20F3N3OS. The fraction of sp³-hybridized carbons (Fsp3) is 0.238. The maximum Gasteiger partial charge on any atom is 0.416 e. The van der Waals surface area contributed by atoms with Gasteiger partial charge in [0.2, 0.25) is 0 Å². The monoisotopic (exact) mass is 419 g/mol. The Morgan fingerprint density at radius 2 is 1.83 bits per heavy atom. The minimum Gasteiger partial charge on any atom is -0.349 e. The molecule has 0 saturated heterocycles. The quantitative estimate of drug-likeness (QED) is 0.539. The van der Waals surface area contributed by atoms with Gasteiger partial charge in [0.05, 0.1) is 11.3 Å². The van der Waals surface area contributed by atoms with E-state index in [-0.39, 0.29) is 5.56 Å². The van der Waals surface area contributed by atoms with E-state index in [9.17, 15) is 18.0 Å². The highest BCUT2D eigenvalue weighted by Crippen LogP contribution is 2.31. The van der Waals surface area contributed by atoms with E-state index < -0.39 is 17.6 Å². The third kappa shape index (κ3) is 4.95. The number of nitrogens with one attached hydrogen (secondary N) is 1. The van der Waals surface area contributed by atoms with Crippen LogP contribution in [0.3, 0.4) is 0 Å². The molecule has 1 aromatic heterocycles. The molecule has 1 heterocycles. The Labute approximate surface area is 171 Å². The molecule has 2 aromatic carbocycles. The van der Waals surface area contributed by atoms with Crippen LogP contribution in [-0.4, -0.2) is 24.0 Å². The number of hydrogen-bond acceptors (Lipinski definition) is 4. The summed E-state index contributed by atoms with van der Waals surface area (Å²) in [6.07, 6.45) is -4.50. The molecule has 0 aliphatic heterocycles. The van der Waals surface area contributed by atoms with Crippen LogP contribution in [0.2, 0.25) is 0 Å². The van der Waals surface area contributed by atoms with E-state index in [1.165, 1.54) is 12.1 Å². The van der Waals surface area contributed by atoms with E-state index in [0.29, 0.717) is 5.69 Å². The van der Waals surface area contributed by atoms with Gasteiger partial charge in [0.1, 0.15) is 0 Å². The molecular weight excluding hydrogens is 399 g/mol. The van der Waals surface area contributed by atoms with Crippen molar-refractivity contribution in [3.63, 3.8) is 0 Å². The molecule has 8 heteroatoms. The average molecular weight is 419 g/mol. The number of benzene rings is 2. The van der Waals surface area contributed by atoms with Crippen LogP contribution in [0.1, 0.15) is 29.8 Å². The van der Waals surface area contributed by atoms with Gasteiger partial charge in [-0.1, -0.05) is 18.2 Å². The largest absolute Gasteiger partial charge is 0.416 e. The Hall–Kier alpha value is -2.87. The van der Waals surface area contributed by atoms with E-state index in [1.807, 2.05) is 11.4 Å². The zero-order chi connectivity index (χ0) is 21.0. The first-order valence-corrected chi connectivity index (χ1v) is 9.99. The van der Waals surface area contributed by atoms with E-state index in [1.54, 1.807) is 29.5 Å². The first kappa shape index (κ1) is 20.9. The molecule has 0 fully saturated rings. The van der Waals surface area contributed by atoms with Crippen molar-refractivity contribution in [2.45, 2.75) is 20.0 Å². The molecule has 4 nitrogen and oxygen atoms in total. The van der Waals surface area contributed by atoms with Gasteiger partial charge in [0, 0.05) is 35.3 Å². The average Bonchev–Trinajstić information content (AvgIpc) is 3.19. The standard InChI is InChI=1S/C21H20F3N3OS/c1-3-27(4-2)20-26-18(13-29-20)14-7-6-10-17(12-14)25-19(28)15-8-5-9-16(11-15)21(22,23)24/h5-13H,3-4H2,1-2H3,(H,25,28). The lowest BCUT2D eigenvalue weighted by atomic mass is 10.1. The second-order valence-electron chi connectivity index (χ2n) is 6.30.